The number of hydrogen-bond acceptors (Lipinski definition) is 2. The van der Waals surface area contributed by atoms with Gasteiger partial charge in [-0.3, -0.25) is 0 Å². The summed E-state index contributed by atoms with van der Waals surface area (Å²) in [6.07, 6.45) is 0.769. The average Bonchev–Trinajstić information content (AvgIpc) is 3.62. The predicted molar refractivity (Wildman–Crippen MR) is 109 cm³/mol. The lowest BCUT2D eigenvalue weighted by Gasteiger charge is -2.23. The maximum Gasteiger partial charge on any atom is 0.249 e. The van der Waals surface area contributed by atoms with Gasteiger partial charge in [-0.2, -0.15) is 4.31 Å². The van der Waals surface area contributed by atoms with Crippen molar-refractivity contribution in [3.05, 3.63) is 88.5 Å². The summed E-state index contributed by atoms with van der Waals surface area (Å²) in [6.45, 7) is 1.29. The van der Waals surface area contributed by atoms with Gasteiger partial charge >= 0.3 is 0 Å². The van der Waals surface area contributed by atoms with E-state index >= 15 is 0 Å². The van der Waals surface area contributed by atoms with Crippen LogP contribution >= 0.6 is 0 Å². The Labute approximate surface area is 186 Å². The molecule has 3 aromatic carbocycles. The molecule has 4 rings (SSSR count). The average molecular weight is 485 g/mol. The molecule has 0 saturated heterocycles. The highest BCUT2D eigenvalue weighted by Crippen LogP contribution is 2.37. The zero-order valence-electron chi connectivity index (χ0n) is 17.2. The van der Waals surface area contributed by atoms with E-state index in [1.807, 2.05) is 0 Å². The van der Waals surface area contributed by atoms with E-state index in [9.17, 15) is 34.8 Å². The molecule has 0 aliphatic heterocycles. The van der Waals surface area contributed by atoms with Gasteiger partial charge < -0.3 is 0 Å². The van der Waals surface area contributed by atoms with E-state index in [2.05, 4.69) is 0 Å². The summed E-state index contributed by atoms with van der Waals surface area (Å²) < 4.78 is 110. The van der Waals surface area contributed by atoms with Crippen LogP contribution in [0.15, 0.2) is 47.4 Å². The SMILES string of the molecule is Cc1ccc(-c2ccc(CN(C3CC3)S(=O)(=O)c3c(F)c(F)c(F)c(F)c3F)cc2)cc1F. The van der Waals surface area contributed by atoms with Gasteiger partial charge in [-0.15, -0.1) is 0 Å². The first kappa shape index (κ1) is 23.3. The molecule has 0 amide bonds. The summed E-state index contributed by atoms with van der Waals surface area (Å²) in [5.74, 6) is -12.2. The molecule has 0 radical (unpaired) electrons. The van der Waals surface area contributed by atoms with Crippen molar-refractivity contribution in [1.82, 2.24) is 4.31 Å². The van der Waals surface area contributed by atoms with Gasteiger partial charge in [0.15, 0.2) is 28.2 Å². The number of sulfonamides is 1. The second kappa shape index (κ2) is 8.49. The Balaban J connectivity index is 1.67. The number of hydrogen-bond donors (Lipinski definition) is 0. The quantitative estimate of drug-likeness (QED) is 0.250. The fourth-order valence-electron chi connectivity index (χ4n) is 3.46. The van der Waals surface area contributed by atoms with Gasteiger partial charge in [-0.1, -0.05) is 36.4 Å². The molecule has 3 aromatic rings. The molecule has 0 atom stereocenters. The Morgan fingerprint density at radius 1 is 0.788 bits per heavy atom. The first-order valence-corrected chi connectivity index (χ1v) is 11.3. The summed E-state index contributed by atoms with van der Waals surface area (Å²) in [7, 11) is -5.04. The molecule has 33 heavy (non-hydrogen) atoms. The third-order valence-corrected chi connectivity index (χ3v) is 7.41. The summed E-state index contributed by atoms with van der Waals surface area (Å²) in [5.41, 5.74) is 2.15. The lowest BCUT2D eigenvalue weighted by atomic mass is 10.0. The molecule has 0 bridgehead atoms. The maximum atomic E-state index is 14.2. The van der Waals surface area contributed by atoms with E-state index in [4.69, 9.17) is 0 Å². The zero-order valence-corrected chi connectivity index (χ0v) is 18.0. The molecule has 0 spiro atoms. The van der Waals surface area contributed by atoms with Gasteiger partial charge in [0, 0.05) is 12.6 Å². The Hall–Kier alpha value is -2.85. The molecule has 3 nitrogen and oxygen atoms in total. The topological polar surface area (TPSA) is 37.4 Å². The van der Waals surface area contributed by atoms with E-state index < -0.39 is 50.0 Å². The molecular formula is C23H17F6NO2S. The highest BCUT2D eigenvalue weighted by Gasteiger charge is 2.43. The Kier molecular flexibility index (Phi) is 6.00. The fourth-order valence-corrected chi connectivity index (χ4v) is 5.25. The number of halogens is 6. The second-order valence-corrected chi connectivity index (χ2v) is 9.67. The third kappa shape index (κ3) is 4.24. The standard InChI is InChI=1S/C23H17F6NO2S/c1-12-2-5-15(10-17(12)24)14-6-3-13(4-7-14)11-30(16-8-9-16)33(31,32)23-21(28)19(26)18(25)20(27)22(23)29/h2-7,10,16H,8-9,11H2,1H3. The highest BCUT2D eigenvalue weighted by molar-refractivity contribution is 7.89. The van der Waals surface area contributed by atoms with Crippen LogP contribution < -0.4 is 0 Å². The lowest BCUT2D eigenvalue weighted by molar-refractivity contribution is 0.346. The van der Waals surface area contributed by atoms with Crippen LogP contribution in [0.5, 0.6) is 0 Å². The van der Waals surface area contributed by atoms with Crippen molar-refractivity contribution in [3.8, 4) is 11.1 Å². The van der Waals surface area contributed by atoms with Crippen LogP contribution in [0.2, 0.25) is 0 Å². The van der Waals surface area contributed by atoms with Crippen LogP contribution in [0.4, 0.5) is 26.3 Å². The van der Waals surface area contributed by atoms with Crippen molar-refractivity contribution in [3.63, 3.8) is 0 Å². The lowest BCUT2D eigenvalue weighted by Crippen LogP contribution is -2.34. The van der Waals surface area contributed by atoms with Gasteiger partial charge in [-0.05, 0) is 48.1 Å². The molecule has 1 fully saturated rings. The van der Waals surface area contributed by atoms with Crippen molar-refractivity contribution in [2.75, 3.05) is 0 Å². The molecule has 10 heteroatoms. The summed E-state index contributed by atoms with van der Waals surface area (Å²) in [5, 5.41) is 0. The molecule has 0 unspecified atom stereocenters. The van der Waals surface area contributed by atoms with Crippen LogP contribution in [0, 0.1) is 41.8 Å². The molecule has 0 N–H and O–H groups in total. The minimum Gasteiger partial charge on any atom is -0.207 e. The monoisotopic (exact) mass is 485 g/mol. The van der Waals surface area contributed by atoms with E-state index in [1.165, 1.54) is 6.07 Å². The smallest absolute Gasteiger partial charge is 0.207 e. The largest absolute Gasteiger partial charge is 0.249 e. The number of rotatable bonds is 6. The highest BCUT2D eigenvalue weighted by atomic mass is 32.2. The number of nitrogens with zero attached hydrogens (tertiary/aromatic N) is 1. The first-order chi connectivity index (χ1) is 15.5. The van der Waals surface area contributed by atoms with Gasteiger partial charge in [0.05, 0.1) is 0 Å². The third-order valence-electron chi connectivity index (χ3n) is 5.49. The zero-order chi connectivity index (χ0) is 24.1. The number of benzene rings is 3. The van der Waals surface area contributed by atoms with Crippen LogP contribution in [0.1, 0.15) is 24.0 Å². The molecule has 174 valence electrons. The normalized spacial score (nSPS) is 14.2. The van der Waals surface area contributed by atoms with E-state index in [-0.39, 0.29) is 12.4 Å². The number of aryl methyl sites for hydroxylation is 1. The molecule has 1 aliphatic rings. The first-order valence-electron chi connectivity index (χ1n) is 9.91. The van der Waals surface area contributed by atoms with Crippen molar-refractivity contribution >= 4 is 10.0 Å². The van der Waals surface area contributed by atoms with Gasteiger partial charge in [0.2, 0.25) is 15.8 Å². The summed E-state index contributed by atoms with van der Waals surface area (Å²) in [4.78, 5) is -1.86. The Morgan fingerprint density at radius 3 is 1.82 bits per heavy atom. The second-order valence-electron chi connectivity index (χ2n) is 7.84. The fraction of sp³-hybridized carbons (Fsp3) is 0.217. The van der Waals surface area contributed by atoms with Crippen LogP contribution in [0.25, 0.3) is 11.1 Å². The molecular weight excluding hydrogens is 468 g/mol. The van der Waals surface area contributed by atoms with E-state index in [1.54, 1.807) is 43.3 Å². The van der Waals surface area contributed by atoms with Crippen molar-refractivity contribution < 1.29 is 34.8 Å². The molecule has 0 aromatic heterocycles. The van der Waals surface area contributed by atoms with Gasteiger partial charge in [0.25, 0.3) is 0 Å². The Morgan fingerprint density at radius 2 is 1.30 bits per heavy atom. The Bertz CT molecular complexity index is 1310. The molecule has 0 heterocycles. The maximum absolute atomic E-state index is 14.2. The van der Waals surface area contributed by atoms with Gasteiger partial charge in [-0.25, -0.2) is 34.8 Å². The van der Waals surface area contributed by atoms with Crippen LogP contribution in [-0.4, -0.2) is 18.8 Å². The molecule has 1 saturated carbocycles. The van der Waals surface area contributed by atoms with E-state index in [0.717, 1.165) is 4.31 Å². The summed E-state index contributed by atoms with van der Waals surface area (Å²) in [6, 6.07) is 10.4. The van der Waals surface area contributed by atoms with Crippen LogP contribution in [-0.2, 0) is 16.6 Å². The predicted octanol–water partition coefficient (Wildman–Crippen LogP) is 5.85. The minimum absolute atomic E-state index is 0.338. The van der Waals surface area contributed by atoms with Crippen LogP contribution in [0.3, 0.4) is 0 Å². The van der Waals surface area contributed by atoms with Gasteiger partial charge in [0.1, 0.15) is 5.82 Å². The molecule has 1 aliphatic carbocycles. The van der Waals surface area contributed by atoms with Crippen molar-refractivity contribution in [2.24, 2.45) is 0 Å². The minimum atomic E-state index is -5.04. The van der Waals surface area contributed by atoms with Crippen molar-refractivity contribution in [2.45, 2.75) is 37.2 Å². The summed E-state index contributed by atoms with van der Waals surface area (Å²) >= 11 is 0. The van der Waals surface area contributed by atoms with Crippen molar-refractivity contribution in [1.29, 1.82) is 0 Å². The van der Waals surface area contributed by atoms with E-state index in [0.29, 0.717) is 35.1 Å².